The maximum absolute atomic E-state index is 14.3. The number of carbonyl (C=O) groups is 1. The quantitative estimate of drug-likeness (QED) is 0.544. The summed E-state index contributed by atoms with van der Waals surface area (Å²) in [6.45, 7) is -0.849. The zero-order valence-electron chi connectivity index (χ0n) is 16.4. The van der Waals surface area contributed by atoms with Crippen molar-refractivity contribution in [2.24, 2.45) is 0 Å². The molecule has 0 spiro atoms. The lowest BCUT2D eigenvalue weighted by atomic mass is 10.1. The number of halogens is 2. The van der Waals surface area contributed by atoms with E-state index in [4.69, 9.17) is 9.84 Å². The molecule has 1 aromatic carbocycles. The van der Waals surface area contributed by atoms with Crippen LogP contribution in [0.4, 0.5) is 14.6 Å². The Bertz CT molecular complexity index is 1190. The molecule has 1 aliphatic rings. The topological polar surface area (TPSA) is 127 Å². The van der Waals surface area contributed by atoms with Crippen molar-refractivity contribution in [1.29, 1.82) is 0 Å². The van der Waals surface area contributed by atoms with Gasteiger partial charge in [0.2, 0.25) is 6.23 Å². The van der Waals surface area contributed by atoms with Crippen molar-refractivity contribution in [1.82, 2.24) is 14.5 Å². The minimum atomic E-state index is -3.83. The predicted octanol–water partition coefficient (Wildman–Crippen LogP) is 1.44. The monoisotopic (exact) mass is 444 g/mol. The molecule has 1 fully saturated rings. The Kier molecular flexibility index (Phi) is 5.78. The largest absolute Gasteiger partial charge is 0.394 e. The van der Waals surface area contributed by atoms with Crippen molar-refractivity contribution in [3.8, 4) is 11.3 Å². The summed E-state index contributed by atoms with van der Waals surface area (Å²) in [5, 5.41) is 21.1. The first-order chi connectivity index (χ1) is 15.3. The van der Waals surface area contributed by atoms with Gasteiger partial charge in [-0.25, -0.2) is 9.78 Å². The highest BCUT2D eigenvalue weighted by atomic mass is 19.3. The Labute approximate surface area is 180 Å². The van der Waals surface area contributed by atoms with Crippen molar-refractivity contribution in [3.05, 3.63) is 77.0 Å². The lowest BCUT2D eigenvalue weighted by Gasteiger charge is -2.21. The molecule has 0 aliphatic carbocycles. The fourth-order valence-corrected chi connectivity index (χ4v) is 3.29. The molecule has 3 N–H and O–H groups in total. The van der Waals surface area contributed by atoms with E-state index in [0.717, 1.165) is 17.8 Å². The Balaban J connectivity index is 1.54. The van der Waals surface area contributed by atoms with Gasteiger partial charge in [-0.15, -0.1) is 0 Å². The normalized spacial score (nSPS) is 21.9. The summed E-state index contributed by atoms with van der Waals surface area (Å²) in [4.78, 5) is 32.7. The molecule has 11 heteroatoms. The molecule has 4 rings (SSSR count). The standard InChI is InChI=1S/C21H18F2N4O5/c22-21(23)17(29)15(11-28)32-19(21)27-10-9-16(26-20(27)31)25-18(30)14-8-4-7-13(24-14)12-5-2-1-3-6-12/h1-10,15,17,19,28-29H,11H2,(H,25,26,30,31)/t15-,17-,19-/m1/s1. The summed E-state index contributed by atoms with van der Waals surface area (Å²) >= 11 is 0. The van der Waals surface area contributed by atoms with Crippen LogP contribution in [0.3, 0.4) is 0 Å². The zero-order valence-corrected chi connectivity index (χ0v) is 16.4. The summed E-state index contributed by atoms with van der Waals surface area (Å²) in [6.07, 6.45) is -5.02. The van der Waals surface area contributed by atoms with E-state index in [1.54, 1.807) is 12.1 Å². The highest BCUT2D eigenvalue weighted by Crippen LogP contribution is 2.41. The number of ether oxygens (including phenoxy) is 1. The maximum atomic E-state index is 14.3. The molecule has 1 aliphatic heterocycles. The average molecular weight is 444 g/mol. The number of aromatic nitrogens is 3. The van der Waals surface area contributed by atoms with Crippen molar-refractivity contribution < 1.29 is 28.5 Å². The van der Waals surface area contributed by atoms with Crippen LogP contribution in [0.1, 0.15) is 16.7 Å². The van der Waals surface area contributed by atoms with Crippen LogP contribution in [-0.2, 0) is 4.74 Å². The highest BCUT2D eigenvalue weighted by molar-refractivity contribution is 6.02. The summed E-state index contributed by atoms with van der Waals surface area (Å²) < 4.78 is 33.9. The molecule has 166 valence electrons. The molecule has 0 radical (unpaired) electrons. The smallest absolute Gasteiger partial charge is 0.351 e. The fraction of sp³-hybridized carbons (Fsp3) is 0.238. The molecule has 9 nitrogen and oxygen atoms in total. The molecule has 0 unspecified atom stereocenters. The van der Waals surface area contributed by atoms with Crippen LogP contribution in [0.2, 0.25) is 0 Å². The van der Waals surface area contributed by atoms with Crippen molar-refractivity contribution >= 4 is 11.7 Å². The number of amides is 1. The van der Waals surface area contributed by atoms with Crippen LogP contribution in [0.25, 0.3) is 11.3 Å². The highest BCUT2D eigenvalue weighted by Gasteiger charge is 2.59. The number of nitrogens with one attached hydrogen (secondary N) is 1. The van der Waals surface area contributed by atoms with Crippen LogP contribution < -0.4 is 11.0 Å². The van der Waals surface area contributed by atoms with Gasteiger partial charge in [-0.05, 0) is 18.2 Å². The SMILES string of the molecule is O=C(Nc1ccn([C@@H]2O[C@H](CO)[C@@H](O)C2(F)F)c(=O)n1)c1cccc(-c2ccccc2)n1. The third kappa shape index (κ3) is 4.00. The number of nitrogens with zero attached hydrogens (tertiary/aromatic N) is 3. The molecule has 32 heavy (non-hydrogen) atoms. The molecular formula is C21H18F2N4O5. The Hall–Kier alpha value is -3.54. The van der Waals surface area contributed by atoms with Gasteiger partial charge in [-0.1, -0.05) is 36.4 Å². The van der Waals surface area contributed by atoms with Crippen LogP contribution in [-0.4, -0.2) is 55.4 Å². The van der Waals surface area contributed by atoms with E-state index in [1.807, 2.05) is 30.3 Å². The molecule has 3 atom stereocenters. The molecule has 3 aromatic rings. The lowest BCUT2D eigenvalue weighted by molar-refractivity contribution is -0.140. The number of rotatable bonds is 5. The van der Waals surface area contributed by atoms with Crippen LogP contribution in [0.5, 0.6) is 0 Å². The second-order valence-corrected chi connectivity index (χ2v) is 7.06. The minimum absolute atomic E-state index is 0.0666. The second kappa shape index (κ2) is 8.54. The minimum Gasteiger partial charge on any atom is -0.394 e. The van der Waals surface area contributed by atoms with E-state index < -0.39 is 42.6 Å². The number of pyridine rings is 1. The lowest BCUT2D eigenvalue weighted by Crippen LogP contribution is -2.41. The number of hydrogen-bond acceptors (Lipinski definition) is 7. The van der Waals surface area contributed by atoms with E-state index in [1.165, 1.54) is 6.07 Å². The second-order valence-electron chi connectivity index (χ2n) is 7.06. The number of hydrogen-bond donors (Lipinski definition) is 3. The Morgan fingerprint density at radius 1 is 1.12 bits per heavy atom. The van der Waals surface area contributed by atoms with Crippen molar-refractivity contribution in [2.75, 3.05) is 11.9 Å². The van der Waals surface area contributed by atoms with E-state index >= 15 is 0 Å². The van der Waals surface area contributed by atoms with Crippen LogP contribution >= 0.6 is 0 Å². The third-order valence-corrected chi connectivity index (χ3v) is 4.93. The number of aliphatic hydroxyl groups excluding tert-OH is 2. The predicted molar refractivity (Wildman–Crippen MR) is 108 cm³/mol. The average Bonchev–Trinajstić information content (AvgIpc) is 3.03. The Morgan fingerprint density at radius 2 is 1.88 bits per heavy atom. The van der Waals surface area contributed by atoms with E-state index in [0.29, 0.717) is 10.3 Å². The van der Waals surface area contributed by atoms with Gasteiger partial charge in [-0.2, -0.15) is 13.8 Å². The first-order valence-electron chi connectivity index (χ1n) is 9.56. The molecule has 1 saturated heterocycles. The van der Waals surface area contributed by atoms with E-state index in [9.17, 15) is 23.5 Å². The molecule has 1 amide bonds. The van der Waals surface area contributed by atoms with Gasteiger partial charge in [0.1, 0.15) is 17.6 Å². The van der Waals surface area contributed by atoms with Gasteiger partial charge in [0, 0.05) is 11.8 Å². The van der Waals surface area contributed by atoms with Gasteiger partial charge < -0.3 is 20.3 Å². The van der Waals surface area contributed by atoms with Crippen LogP contribution in [0, 0.1) is 0 Å². The molecular weight excluding hydrogens is 426 g/mol. The van der Waals surface area contributed by atoms with Gasteiger partial charge in [0.05, 0.1) is 12.3 Å². The number of aliphatic hydroxyl groups is 2. The summed E-state index contributed by atoms with van der Waals surface area (Å²) in [5.74, 6) is -4.65. The van der Waals surface area contributed by atoms with E-state index in [-0.39, 0.29) is 11.5 Å². The third-order valence-electron chi connectivity index (χ3n) is 4.93. The van der Waals surface area contributed by atoms with E-state index in [2.05, 4.69) is 15.3 Å². The van der Waals surface area contributed by atoms with Crippen molar-refractivity contribution in [2.45, 2.75) is 24.4 Å². The summed E-state index contributed by atoms with van der Waals surface area (Å²) in [6, 6.07) is 15.2. The molecule has 2 aromatic heterocycles. The fourth-order valence-electron chi connectivity index (χ4n) is 3.29. The van der Waals surface area contributed by atoms with Gasteiger partial charge in [-0.3, -0.25) is 9.36 Å². The summed E-state index contributed by atoms with van der Waals surface area (Å²) in [7, 11) is 0. The zero-order chi connectivity index (χ0) is 22.9. The van der Waals surface area contributed by atoms with Crippen molar-refractivity contribution in [3.63, 3.8) is 0 Å². The van der Waals surface area contributed by atoms with Gasteiger partial charge in [0.15, 0.2) is 6.10 Å². The van der Waals surface area contributed by atoms with Gasteiger partial charge >= 0.3 is 11.6 Å². The number of benzene rings is 1. The number of alkyl halides is 2. The number of anilines is 1. The van der Waals surface area contributed by atoms with Gasteiger partial charge in [0.25, 0.3) is 5.91 Å². The molecule has 0 bridgehead atoms. The molecule has 0 saturated carbocycles. The van der Waals surface area contributed by atoms with Crippen LogP contribution in [0.15, 0.2) is 65.6 Å². The Morgan fingerprint density at radius 3 is 2.53 bits per heavy atom. The first-order valence-corrected chi connectivity index (χ1v) is 9.56. The summed E-state index contributed by atoms with van der Waals surface area (Å²) in [5.41, 5.74) is 0.309. The maximum Gasteiger partial charge on any atom is 0.351 e. The number of carbonyl (C=O) groups excluding carboxylic acids is 1. The molecule has 3 heterocycles. The first kappa shape index (κ1) is 21.7.